The summed E-state index contributed by atoms with van der Waals surface area (Å²) in [5.74, 6) is 3.61. The molecular formula is C73H117N17O16S6. The van der Waals surface area contributed by atoms with Gasteiger partial charge in [0.15, 0.2) is 0 Å². The highest BCUT2D eigenvalue weighted by atomic mass is 32.2. The highest BCUT2D eigenvalue weighted by Gasteiger charge is 2.47. The Balaban J connectivity index is 0.000000177. The van der Waals surface area contributed by atoms with Crippen molar-refractivity contribution in [2.75, 3.05) is 73.8 Å². The molecule has 0 aromatic carbocycles. The van der Waals surface area contributed by atoms with E-state index in [1.54, 1.807) is 0 Å². The Hall–Kier alpha value is -6.71. The number of urea groups is 5. The first-order valence-electron chi connectivity index (χ1n) is 40.1. The van der Waals surface area contributed by atoms with Crippen LogP contribution in [0.2, 0.25) is 0 Å². The van der Waals surface area contributed by atoms with Gasteiger partial charge in [-0.15, -0.1) is 5.06 Å². The molecule has 0 aromatic heterocycles. The molecule has 0 spiro atoms. The molecule has 12 aliphatic rings. The van der Waals surface area contributed by atoms with Crippen molar-refractivity contribution >= 4 is 161 Å². The summed E-state index contributed by atoms with van der Waals surface area (Å²) in [5.41, 5.74) is 0. The molecule has 12 rings (SSSR count). The monoisotopic (exact) mass is 1680 g/mol. The van der Waals surface area contributed by atoms with E-state index in [1.807, 2.05) is 65.7 Å². The van der Waals surface area contributed by atoms with Crippen LogP contribution in [0, 0.1) is 0 Å². The van der Waals surface area contributed by atoms with E-state index in [1.165, 1.54) is 17.1 Å². The van der Waals surface area contributed by atoms with Gasteiger partial charge in [0.25, 0.3) is 23.6 Å². The van der Waals surface area contributed by atoms with Gasteiger partial charge in [0, 0.05) is 151 Å². The van der Waals surface area contributed by atoms with E-state index in [0.717, 1.165) is 163 Å². The van der Waals surface area contributed by atoms with Crippen LogP contribution in [0.15, 0.2) is 12.2 Å². The second-order valence-corrected chi connectivity index (χ2v) is 36.2. The van der Waals surface area contributed by atoms with Gasteiger partial charge in [-0.3, -0.25) is 48.1 Å². The van der Waals surface area contributed by atoms with Crippen LogP contribution in [-0.4, -0.2) is 260 Å². The average Bonchev–Trinajstić information content (AvgIpc) is 1.69. The first-order valence-corrected chi connectivity index (χ1v) is 45.9. The van der Waals surface area contributed by atoms with Crippen molar-refractivity contribution in [1.82, 2.24) is 89.7 Å². The number of nitrogens with zero attached hydrogens (tertiary/aromatic N) is 2. The van der Waals surface area contributed by atoms with E-state index < -0.39 is 17.8 Å². The minimum absolute atomic E-state index is 0.00464. The SMILES string of the molecule is CCCCNC(=O)CCCCC1SCC2NC(=O)NC21.CCNC(=O)CCCCC1SCC2NC(=O)NC21.O=C(CCCCC1SCC2NC(=O)NC21)NCCC(=O)ON1C(=O)CCC1=O.O=C(CCCCC1SCC2NC(=O)NC21)NCCCN1C(=O)C=CC1=O.O=C(CCCCC1SCC2NC(=O)NC21)NCCCS. The zero-order valence-corrected chi connectivity index (χ0v) is 69.3. The lowest BCUT2D eigenvalue weighted by Crippen LogP contribution is -2.36. The number of carbonyl (C=O) groups is 15. The Kier molecular flexibility index (Phi) is 39.4. The van der Waals surface area contributed by atoms with E-state index >= 15 is 0 Å². The third-order valence-corrected chi connectivity index (χ3v) is 28.8. The molecule has 12 heterocycles. The molecule has 19 amide bonds. The standard InChI is InChI=1S/C17H24N4O6S.C17H24N4O4S.C14H25N3O2S.C13H23N3O2S2.C12H21N3O2S/c22-12(18-8-7-15(25)27-21-13(23)5-6-14(21)24)4-2-1-3-11-16-10(9-28-11)19-17(26)20-16;22-13(18-8-3-9-21-14(23)6-7-15(21)24)5-2-1-4-12-16-11(10-26-12)19-17(25)20-16;1-2-3-8-15-12(18)7-5-4-6-11-13-10(9-20-11)16-14(19)17-13;17-11(14-6-3-7-19)5-2-1-4-10-12-9(8-20-10)15-13(18)16-12;1-2-13-10(16)6-4-3-5-9-11-8(7-18-9)14-12(17)15-11/h10-11,16H,1-9H2,(H,18,22)(H2,19,20,26);6-7,11-12,16H,1-5,8-10H2,(H,18,22)(H2,19,20,25);10-11,13H,2-9H2,1H3,(H,15,18)(H2,16,17,19);9-10,12,19H,1-8H2,(H,14,17)(H2,15,16,18);8-9,11H,2-7H2,1H3,(H,13,16)(H2,14,15,17). The van der Waals surface area contributed by atoms with Crippen LogP contribution in [0.3, 0.4) is 0 Å². The van der Waals surface area contributed by atoms with Crippen molar-refractivity contribution in [2.24, 2.45) is 0 Å². The maximum Gasteiger partial charge on any atom is 0.334 e. The van der Waals surface area contributed by atoms with Gasteiger partial charge in [-0.1, -0.05) is 45.4 Å². The number of amides is 19. The van der Waals surface area contributed by atoms with E-state index in [4.69, 9.17) is 4.84 Å². The highest BCUT2D eigenvalue weighted by Crippen LogP contribution is 2.38. The Labute approximate surface area is 682 Å². The summed E-state index contributed by atoms with van der Waals surface area (Å²) in [5, 5.41) is 46.4. The summed E-state index contributed by atoms with van der Waals surface area (Å²) < 4.78 is 0. The molecule has 11 fully saturated rings. The fourth-order valence-corrected chi connectivity index (χ4v) is 22.8. The third-order valence-electron chi connectivity index (χ3n) is 20.9. The van der Waals surface area contributed by atoms with Crippen molar-refractivity contribution < 1.29 is 76.8 Å². The second-order valence-electron chi connectivity index (χ2n) is 29.4. The Morgan fingerprint density at radius 2 is 0.679 bits per heavy atom. The molecular weight excluding hydrogens is 1560 g/mol. The van der Waals surface area contributed by atoms with Gasteiger partial charge in [-0.05, 0) is 96.1 Å². The molecule has 15 unspecified atom stereocenters. The van der Waals surface area contributed by atoms with Crippen molar-refractivity contribution in [3.05, 3.63) is 12.2 Å². The molecule has 0 radical (unpaired) electrons. The van der Waals surface area contributed by atoms with Crippen LogP contribution in [-0.2, 0) is 52.8 Å². The zero-order valence-electron chi connectivity index (χ0n) is 64.3. The third kappa shape index (κ3) is 30.2. The van der Waals surface area contributed by atoms with Crippen LogP contribution >= 0.6 is 71.4 Å². The lowest BCUT2D eigenvalue weighted by Gasteiger charge is -2.16. The van der Waals surface area contributed by atoms with Gasteiger partial charge in [0.1, 0.15) is 0 Å². The van der Waals surface area contributed by atoms with E-state index in [9.17, 15) is 71.9 Å². The minimum Gasteiger partial charge on any atom is -0.356 e. The van der Waals surface area contributed by atoms with E-state index in [-0.39, 0.29) is 140 Å². The number of hydrogen-bond acceptors (Lipinski definition) is 22. The molecule has 0 aromatic rings. The molecule has 39 heteroatoms. The summed E-state index contributed by atoms with van der Waals surface area (Å²) in [6.45, 7) is 7.16. The molecule has 0 saturated carbocycles. The Morgan fingerprint density at radius 3 is 0.982 bits per heavy atom. The van der Waals surface area contributed by atoms with Crippen LogP contribution < -0.4 is 79.8 Å². The zero-order chi connectivity index (χ0) is 80.3. The van der Waals surface area contributed by atoms with Gasteiger partial charge >= 0.3 is 36.1 Å². The van der Waals surface area contributed by atoms with Gasteiger partial charge in [0.2, 0.25) is 29.5 Å². The van der Waals surface area contributed by atoms with Crippen LogP contribution in [0.4, 0.5) is 24.0 Å². The number of unbranched alkanes of at least 4 members (excludes halogenated alkanes) is 6. The van der Waals surface area contributed by atoms with Crippen LogP contribution in [0.25, 0.3) is 0 Å². The van der Waals surface area contributed by atoms with Crippen molar-refractivity contribution in [3.8, 4) is 0 Å². The molecule has 0 aliphatic carbocycles. The number of thioether (sulfide) groups is 5. The van der Waals surface area contributed by atoms with Gasteiger partial charge in [-0.25, -0.2) is 28.8 Å². The molecule has 11 saturated heterocycles. The quantitative estimate of drug-likeness (QED) is 0.0180. The lowest BCUT2D eigenvalue weighted by atomic mass is 10.0. The van der Waals surface area contributed by atoms with E-state index in [0.29, 0.717) is 108 Å². The van der Waals surface area contributed by atoms with Gasteiger partial charge < -0.3 is 84.6 Å². The lowest BCUT2D eigenvalue weighted by molar-refractivity contribution is -0.197. The summed E-state index contributed by atoms with van der Waals surface area (Å²) in [6, 6.07) is 2.31. The van der Waals surface area contributed by atoms with Gasteiger partial charge in [-0.2, -0.15) is 71.4 Å². The molecule has 12 aliphatic heterocycles. The number of rotatable bonds is 40. The van der Waals surface area contributed by atoms with Crippen LogP contribution in [0.1, 0.15) is 187 Å². The number of hydrogen-bond donors (Lipinski definition) is 16. The maximum absolute atomic E-state index is 11.8. The summed E-state index contributed by atoms with van der Waals surface area (Å²) in [7, 11) is 0. The second kappa shape index (κ2) is 48.6. The van der Waals surface area contributed by atoms with Crippen molar-refractivity contribution in [2.45, 2.75) is 274 Å². The molecule has 626 valence electrons. The van der Waals surface area contributed by atoms with Crippen LogP contribution in [0.5, 0.6) is 0 Å². The Bertz CT molecular complexity index is 3160. The van der Waals surface area contributed by atoms with Gasteiger partial charge in [0.05, 0.1) is 66.8 Å². The average molecular weight is 1680 g/mol. The highest BCUT2D eigenvalue weighted by molar-refractivity contribution is 8.01. The predicted molar refractivity (Wildman–Crippen MR) is 436 cm³/mol. The summed E-state index contributed by atoms with van der Waals surface area (Å²) >= 11 is 13.6. The minimum atomic E-state index is -0.732. The number of carbonyl (C=O) groups excluding carboxylic acids is 15. The number of nitrogens with one attached hydrogen (secondary N) is 15. The normalized spacial score (nSPS) is 27.5. The molecule has 112 heavy (non-hydrogen) atoms. The number of fused-ring (bicyclic) bond motifs is 5. The largest absolute Gasteiger partial charge is 0.356 e. The molecule has 15 N–H and O–H groups in total. The summed E-state index contributed by atoms with van der Waals surface area (Å²) in [4.78, 5) is 177. The van der Waals surface area contributed by atoms with E-state index in [2.05, 4.69) is 99.3 Å². The Morgan fingerprint density at radius 1 is 0.384 bits per heavy atom. The first kappa shape index (κ1) is 90.8. The predicted octanol–water partition coefficient (Wildman–Crippen LogP) is 3.59. The fourth-order valence-electron chi connectivity index (χ4n) is 14.9. The number of thiol groups is 1. The molecule has 15 atom stereocenters. The first-order chi connectivity index (χ1) is 54.1. The topological polar surface area (TPSA) is 452 Å². The molecule has 0 bridgehead atoms. The summed E-state index contributed by atoms with van der Waals surface area (Å²) in [6.07, 6.45) is 23.3. The number of hydroxylamine groups is 2. The molecule has 33 nitrogen and oxygen atoms in total. The van der Waals surface area contributed by atoms with Crippen molar-refractivity contribution in [3.63, 3.8) is 0 Å². The maximum atomic E-state index is 11.8. The number of imide groups is 2. The van der Waals surface area contributed by atoms with Crippen molar-refractivity contribution in [1.29, 1.82) is 0 Å². The smallest absolute Gasteiger partial charge is 0.334 e. The fraction of sp³-hybridized carbons (Fsp3) is 0.767.